The van der Waals surface area contributed by atoms with Crippen molar-refractivity contribution in [3.63, 3.8) is 0 Å². The highest BCUT2D eigenvalue weighted by atomic mass is 19.1. The van der Waals surface area contributed by atoms with Crippen molar-refractivity contribution in [2.45, 2.75) is 44.7 Å². The molecule has 9 nitrogen and oxygen atoms in total. The average Bonchev–Trinajstić information content (AvgIpc) is 3.52. The zero-order chi connectivity index (χ0) is 23.8. The fourth-order valence-corrected chi connectivity index (χ4v) is 4.86. The summed E-state index contributed by atoms with van der Waals surface area (Å²) in [4.78, 5) is 22.3. The lowest BCUT2D eigenvalue weighted by Crippen LogP contribution is -2.44. The van der Waals surface area contributed by atoms with Gasteiger partial charge in [0.25, 0.3) is 5.91 Å². The van der Waals surface area contributed by atoms with E-state index in [1.165, 1.54) is 12.1 Å². The molecule has 0 unspecified atom stereocenters. The first-order chi connectivity index (χ1) is 17.1. The topological polar surface area (TPSA) is 101 Å². The quantitative estimate of drug-likeness (QED) is 0.460. The summed E-state index contributed by atoms with van der Waals surface area (Å²) in [7, 11) is 0. The molecule has 10 heteroatoms. The number of halogens is 1. The van der Waals surface area contributed by atoms with Crippen LogP contribution in [0.4, 0.5) is 4.39 Å². The molecule has 1 amide bonds. The lowest BCUT2D eigenvalue weighted by Gasteiger charge is -2.32. The number of nitrogens with one attached hydrogen (secondary N) is 2. The van der Waals surface area contributed by atoms with Crippen molar-refractivity contribution < 1.29 is 13.9 Å². The number of aromatic amines is 1. The Balaban J connectivity index is 1.02. The predicted molar refractivity (Wildman–Crippen MR) is 126 cm³/mol. The summed E-state index contributed by atoms with van der Waals surface area (Å²) in [5.74, 6) is -0.313. The maximum atomic E-state index is 13.2. The van der Waals surface area contributed by atoms with E-state index < -0.39 is 0 Å². The number of hydrogen-bond acceptors (Lipinski definition) is 6. The molecule has 2 aliphatic heterocycles. The number of benzene rings is 2. The number of ether oxygens (including phenoxy) is 1. The largest absolute Gasteiger partial charge is 0.365 e. The molecule has 2 aromatic carbocycles. The van der Waals surface area contributed by atoms with E-state index in [2.05, 4.69) is 30.5 Å². The second-order valence-corrected chi connectivity index (χ2v) is 9.17. The average molecular weight is 476 g/mol. The zero-order valence-electron chi connectivity index (χ0n) is 19.2. The Bertz CT molecular complexity index is 1340. The van der Waals surface area contributed by atoms with Crippen LogP contribution in [0.1, 0.15) is 46.3 Å². The molecule has 2 N–H and O–H groups in total. The monoisotopic (exact) mass is 475 g/mol. The molecule has 1 atom stereocenters. The number of imidazole rings is 1. The van der Waals surface area contributed by atoms with E-state index in [9.17, 15) is 9.18 Å². The summed E-state index contributed by atoms with van der Waals surface area (Å²) in [6, 6.07) is 12.0. The molecule has 2 aliphatic rings. The molecule has 4 heterocycles. The fraction of sp³-hybridized carbons (Fsp3) is 0.360. The number of carbonyl (C=O) groups is 1. The van der Waals surface area contributed by atoms with Crippen molar-refractivity contribution in [1.82, 2.24) is 35.2 Å². The summed E-state index contributed by atoms with van der Waals surface area (Å²) in [5, 5.41) is 11.9. The van der Waals surface area contributed by atoms with Crippen LogP contribution < -0.4 is 5.32 Å². The van der Waals surface area contributed by atoms with E-state index in [0.29, 0.717) is 25.3 Å². The van der Waals surface area contributed by atoms with Crippen molar-refractivity contribution in [2.24, 2.45) is 0 Å². The Labute approximate surface area is 201 Å². The number of H-pyrrole nitrogens is 1. The third-order valence-corrected chi connectivity index (χ3v) is 6.90. The highest BCUT2D eigenvalue weighted by molar-refractivity contribution is 5.97. The minimum atomic E-state index is -0.257. The van der Waals surface area contributed by atoms with Gasteiger partial charge in [-0.1, -0.05) is 17.3 Å². The molecule has 2 aromatic heterocycles. The molecule has 4 aromatic rings. The maximum absolute atomic E-state index is 13.2. The molecule has 35 heavy (non-hydrogen) atoms. The van der Waals surface area contributed by atoms with Crippen LogP contribution >= 0.6 is 0 Å². The molecule has 1 fully saturated rings. The molecule has 0 bridgehead atoms. The number of piperidine rings is 1. The molecule has 180 valence electrons. The van der Waals surface area contributed by atoms with Gasteiger partial charge in [-0.05, 0) is 48.7 Å². The van der Waals surface area contributed by atoms with Crippen LogP contribution in [0.2, 0.25) is 0 Å². The van der Waals surface area contributed by atoms with E-state index in [0.717, 1.165) is 53.9 Å². The van der Waals surface area contributed by atoms with E-state index in [1.807, 2.05) is 22.9 Å². The highest BCUT2D eigenvalue weighted by Gasteiger charge is 2.27. The first kappa shape index (κ1) is 21.9. The number of amides is 1. The second-order valence-electron chi connectivity index (χ2n) is 9.17. The lowest BCUT2D eigenvalue weighted by molar-refractivity contribution is -0.00220. The standard InChI is InChI=1S/C25H26FN7O2/c26-18-4-1-16(2-5-18)24-13-33-23(14-35-24)22(30-31-33)12-32-9-7-19(8-10-32)29-25(34)17-3-6-20-21(11-17)28-15-27-20/h1-6,11,15,19,24H,7-10,12-14H2,(H,27,28)(H,29,34)/t24-/m1/s1. The van der Waals surface area contributed by atoms with Crippen LogP contribution in [-0.4, -0.2) is 54.9 Å². The summed E-state index contributed by atoms with van der Waals surface area (Å²) >= 11 is 0. The Morgan fingerprint density at radius 2 is 2.00 bits per heavy atom. The van der Waals surface area contributed by atoms with Gasteiger partial charge in [-0.25, -0.2) is 14.1 Å². The summed E-state index contributed by atoms with van der Waals surface area (Å²) in [5.41, 5.74) is 5.20. The summed E-state index contributed by atoms with van der Waals surface area (Å²) < 4.78 is 21.2. The Morgan fingerprint density at radius 3 is 2.83 bits per heavy atom. The van der Waals surface area contributed by atoms with Crippen molar-refractivity contribution >= 4 is 16.9 Å². The van der Waals surface area contributed by atoms with Gasteiger partial charge in [-0.15, -0.1) is 5.10 Å². The van der Waals surface area contributed by atoms with Crippen molar-refractivity contribution in [3.8, 4) is 0 Å². The fourth-order valence-electron chi connectivity index (χ4n) is 4.86. The lowest BCUT2D eigenvalue weighted by atomic mass is 10.0. The number of fused-ring (bicyclic) bond motifs is 2. The smallest absolute Gasteiger partial charge is 0.251 e. The summed E-state index contributed by atoms with van der Waals surface area (Å²) in [6.07, 6.45) is 3.23. The van der Waals surface area contributed by atoms with Crippen molar-refractivity contribution in [2.75, 3.05) is 13.1 Å². The van der Waals surface area contributed by atoms with Gasteiger partial charge in [0.05, 0.1) is 36.2 Å². The Morgan fingerprint density at radius 1 is 1.17 bits per heavy atom. The van der Waals surface area contributed by atoms with Crippen molar-refractivity contribution in [1.29, 1.82) is 0 Å². The number of nitrogens with zero attached hydrogens (tertiary/aromatic N) is 5. The van der Waals surface area contributed by atoms with Gasteiger partial charge >= 0.3 is 0 Å². The number of aromatic nitrogens is 5. The minimum absolute atomic E-state index is 0.0554. The van der Waals surface area contributed by atoms with E-state index in [-0.39, 0.29) is 23.9 Å². The number of hydrogen-bond donors (Lipinski definition) is 2. The predicted octanol–water partition coefficient (Wildman–Crippen LogP) is 2.96. The van der Waals surface area contributed by atoms with E-state index in [1.54, 1.807) is 18.5 Å². The normalized spacial score (nSPS) is 19.1. The van der Waals surface area contributed by atoms with Gasteiger partial charge in [0.15, 0.2) is 0 Å². The molecular formula is C25H26FN7O2. The molecule has 0 spiro atoms. The summed E-state index contributed by atoms with van der Waals surface area (Å²) in [6.45, 7) is 3.44. The maximum Gasteiger partial charge on any atom is 0.251 e. The van der Waals surface area contributed by atoms with Gasteiger partial charge in [0, 0.05) is 31.2 Å². The number of likely N-dealkylation sites (tertiary alicyclic amines) is 1. The van der Waals surface area contributed by atoms with Crippen molar-refractivity contribution in [3.05, 3.63) is 77.1 Å². The van der Waals surface area contributed by atoms with Crippen LogP contribution in [0.3, 0.4) is 0 Å². The molecule has 0 aliphatic carbocycles. The molecule has 0 radical (unpaired) electrons. The third kappa shape index (κ3) is 4.54. The molecule has 0 saturated carbocycles. The highest BCUT2D eigenvalue weighted by Crippen LogP contribution is 2.28. The number of rotatable bonds is 5. The van der Waals surface area contributed by atoms with Gasteiger partial charge < -0.3 is 15.0 Å². The first-order valence-corrected chi connectivity index (χ1v) is 11.9. The van der Waals surface area contributed by atoms with Crippen LogP contribution in [0.15, 0.2) is 48.8 Å². The van der Waals surface area contributed by atoms with Crippen LogP contribution in [0.25, 0.3) is 11.0 Å². The Hall–Kier alpha value is -3.63. The minimum Gasteiger partial charge on any atom is -0.365 e. The molecule has 1 saturated heterocycles. The molecular weight excluding hydrogens is 449 g/mol. The van der Waals surface area contributed by atoms with Crippen LogP contribution in [-0.2, 0) is 24.4 Å². The van der Waals surface area contributed by atoms with Crippen LogP contribution in [0, 0.1) is 5.82 Å². The molecule has 6 rings (SSSR count). The second kappa shape index (κ2) is 9.20. The first-order valence-electron chi connectivity index (χ1n) is 11.9. The number of carbonyl (C=O) groups excluding carboxylic acids is 1. The third-order valence-electron chi connectivity index (χ3n) is 6.90. The van der Waals surface area contributed by atoms with E-state index in [4.69, 9.17) is 4.74 Å². The Kier molecular flexibility index (Phi) is 5.75. The van der Waals surface area contributed by atoms with Gasteiger partial charge in [0.2, 0.25) is 0 Å². The SMILES string of the molecule is O=C(NC1CCN(Cc2nnn3c2CO[C@@H](c2ccc(F)cc2)C3)CC1)c1ccc2nc[nH]c2c1. The van der Waals surface area contributed by atoms with Gasteiger partial charge in [-0.3, -0.25) is 9.69 Å². The van der Waals surface area contributed by atoms with E-state index >= 15 is 0 Å². The zero-order valence-corrected chi connectivity index (χ0v) is 19.2. The van der Waals surface area contributed by atoms with Gasteiger partial charge in [0.1, 0.15) is 17.6 Å². The van der Waals surface area contributed by atoms with Crippen LogP contribution in [0.5, 0.6) is 0 Å². The van der Waals surface area contributed by atoms with Gasteiger partial charge in [-0.2, -0.15) is 0 Å².